The minimum absolute atomic E-state index is 0. The minimum atomic E-state index is -4.35. The third-order valence-electron chi connectivity index (χ3n) is 4.28. The van der Waals surface area contributed by atoms with Gasteiger partial charge >= 0.3 is 6.18 Å². The fraction of sp³-hybridized carbons (Fsp3) is 0.316. The summed E-state index contributed by atoms with van der Waals surface area (Å²) in [6, 6.07) is 11.1. The normalized spacial score (nSPS) is 18.8. The smallest absolute Gasteiger partial charge is 0.391 e. The summed E-state index contributed by atoms with van der Waals surface area (Å²) in [4.78, 5) is 5.37. The van der Waals surface area contributed by atoms with Crippen molar-refractivity contribution < 1.29 is 22.4 Å². The van der Waals surface area contributed by atoms with Crippen LogP contribution in [0.15, 0.2) is 53.7 Å². The van der Waals surface area contributed by atoms with Gasteiger partial charge in [0.1, 0.15) is 12.4 Å². The molecule has 0 radical (unpaired) electrons. The van der Waals surface area contributed by atoms with Gasteiger partial charge in [-0.15, -0.1) is 12.4 Å². The van der Waals surface area contributed by atoms with Crippen molar-refractivity contribution in [3.63, 3.8) is 0 Å². The second-order valence-corrected chi connectivity index (χ2v) is 6.12. The molecule has 1 atom stereocenters. The zero-order valence-electron chi connectivity index (χ0n) is 14.3. The summed E-state index contributed by atoms with van der Waals surface area (Å²) in [5.74, 6) is -0.411. The van der Waals surface area contributed by atoms with E-state index in [0.29, 0.717) is 6.54 Å². The zero-order valence-corrected chi connectivity index (χ0v) is 15.1. The summed E-state index contributed by atoms with van der Waals surface area (Å²) >= 11 is 0. The second kappa shape index (κ2) is 9.19. The first-order valence-electron chi connectivity index (χ1n) is 8.24. The number of hydrogen-bond acceptors (Lipinski definition) is 3. The van der Waals surface area contributed by atoms with Gasteiger partial charge in [-0.3, -0.25) is 0 Å². The lowest BCUT2D eigenvalue weighted by molar-refractivity contribution is -0.137. The zero-order chi connectivity index (χ0) is 18.6. The Morgan fingerprint density at radius 1 is 1.04 bits per heavy atom. The van der Waals surface area contributed by atoms with Crippen molar-refractivity contribution in [2.75, 3.05) is 13.1 Å². The van der Waals surface area contributed by atoms with Gasteiger partial charge in [0.15, 0.2) is 0 Å². The van der Waals surface area contributed by atoms with Crippen molar-refractivity contribution in [1.29, 1.82) is 0 Å². The van der Waals surface area contributed by atoms with Gasteiger partial charge in [-0.05, 0) is 48.4 Å². The highest BCUT2D eigenvalue weighted by Crippen LogP contribution is 2.31. The van der Waals surface area contributed by atoms with Crippen LogP contribution in [0.3, 0.4) is 0 Å². The molecule has 1 N–H and O–H groups in total. The van der Waals surface area contributed by atoms with Gasteiger partial charge in [0.2, 0.25) is 0 Å². The van der Waals surface area contributed by atoms with Crippen LogP contribution in [-0.2, 0) is 17.6 Å². The fourth-order valence-corrected chi connectivity index (χ4v) is 2.88. The maximum Gasteiger partial charge on any atom is 0.416 e. The SMILES string of the molecule is Cl.Fc1ccc(CO/N=C2\CNCCC2c2ccc(C(F)(F)F)cc2)cc1. The van der Waals surface area contributed by atoms with Crippen LogP contribution in [0.25, 0.3) is 0 Å². The molecule has 1 saturated heterocycles. The van der Waals surface area contributed by atoms with Gasteiger partial charge in [-0.2, -0.15) is 13.2 Å². The maximum atomic E-state index is 12.9. The van der Waals surface area contributed by atoms with Crippen molar-refractivity contribution in [2.45, 2.75) is 25.1 Å². The van der Waals surface area contributed by atoms with Crippen LogP contribution >= 0.6 is 12.4 Å². The third-order valence-corrected chi connectivity index (χ3v) is 4.28. The van der Waals surface area contributed by atoms with Crippen molar-refractivity contribution >= 4 is 18.1 Å². The Bertz CT molecular complexity index is 761. The van der Waals surface area contributed by atoms with Crippen LogP contribution in [0.2, 0.25) is 0 Å². The molecule has 0 aliphatic carbocycles. The average molecular weight is 403 g/mol. The molecule has 0 saturated carbocycles. The average Bonchev–Trinajstić information content (AvgIpc) is 2.63. The summed E-state index contributed by atoms with van der Waals surface area (Å²) in [7, 11) is 0. The first-order chi connectivity index (χ1) is 12.4. The van der Waals surface area contributed by atoms with E-state index in [9.17, 15) is 17.6 Å². The molecule has 0 spiro atoms. The Morgan fingerprint density at radius 3 is 2.33 bits per heavy atom. The Morgan fingerprint density at radius 2 is 1.70 bits per heavy atom. The maximum absolute atomic E-state index is 12.9. The monoisotopic (exact) mass is 402 g/mol. The van der Waals surface area contributed by atoms with Crippen LogP contribution in [0.5, 0.6) is 0 Å². The second-order valence-electron chi connectivity index (χ2n) is 6.12. The molecule has 146 valence electrons. The molecule has 2 aromatic carbocycles. The van der Waals surface area contributed by atoms with E-state index < -0.39 is 11.7 Å². The molecule has 0 bridgehead atoms. The lowest BCUT2D eigenvalue weighted by atomic mass is 9.88. The molecule has 1 aliphatic rings. The molecule has 27 heavy (non-hydrogen) atoms. The first kappa shape index (κ1) is 21.2. The van der Waals surface area contributed by atoms with E-state index in [1.54, 1.807) is 12.1 Å². The highest BCUT2D eigenvalue weighted by molar-refractivity contribution is 5.93. The highest BCUT2D eigenvalue weighted by Gasteiger charge is 2.31. The van der Waals surface area contributed by atoms with E-state index in [-0.39, 0.29) is 30.7 Å². The summed E-state index contributed by atoms with van der Waals surface area (Å²) < 4.78 is 51.0. The number of nitrogens with one attached hydrogen (secondary N) is 1. The number of oxime groups is 1. The lowest BCUT2D eigenvalue weighted by Crippen LogP contribution is -2.36. The molecular weight excluding hydrogens is 384 g/mol. The van der Waals surface area contributed by atoms with E-state index in [4.69, 9.17) is 4.84 Å². The summed E-state index contributed by atoms with van der Waals surface area (Å²) in [5.41, 5.74) is 1.63. The highest BCUT2D eigenvalue weighted by atomic mass is 35.5. The number of piperidine rings is 1. The minimum Gasteiger partial charge on any atom is -0.391 e. The molecule has 1 fully saturated rings. The lowest BCUT2D eigenvalue weighted by Gasteiger charge is -2.25. The van der Waals surface area contributed by atoms with Gasteiger partial charge in [-0.25, -0.2) is 4.39 Å². The quantitative estimate of drug-likeness (QED) is 0.582. The van der Waals surface area contributed by atoms with Gasteiger partial charge in [0.05, 0.1) is 11.3 Å². The third kappa shape index (κ3) is 5.68. The largest absolute Gasteiger partial charge is 0.416 e. The Balaban J connectivity index is 0.00000261. The molecule has 0 amide bonds. The van der Waals surface area contributed by atoms with Gasteiger partial charge in [0.25, 0.3) is 0 Å². The van der Waals surface area contributed by atoms with Gasteiger partial charge < -0.3 is 10.2 Å². The van der Waals surface area contributed by atoms with Crippen LogP contribution in [-0.4, -0.2) is 18.8 Å². The van der Waals surface area contributed by atoms with E-state index >= 15 is 0 Å². The van der Waals surface area contributed by atoms with E-state index in [1.165, 1.54) is 24.3 Å². The molecular formula is C19H19ClF4N2O. The molecule has 3 nitrogen and oxygen atoms in total. The van der Waals surface area contributed by atoms with E-state index in [2.05, 4.69) is 10.5 Å². The van der Waals surface area contributed by atoms with Gasteiger partial charge in [0, 0.05) is 12.5 Å². The van der Waals surface area contributed by atoms with Gasteiger partial charge in [-0.1, -0.05) is 29.4 Å². The number of halogens is 5. The van der Waals surface area contributed by atoms with Crippen LogP contribution in [0, 0.1) is 5.82 Å². The fourth-order valence-electron chi connectivity index (χ4n) is 2.88. The molecule has 0 aromatic heterocycles. The predicted octanol–water partition coefficient (Wildman–Crippen LogP) is 4.92. The number of alkyl halides is 3. The number of rotatable bonds is 4. The summed E-state index contributed by atoms with van der Waals surface area (Å²) in [5, 5.41) is 7.35. The summed E-state index contributed by atoms with van der Waals surface area (Å²) in [6.07, 6.45) is -3.62. The van der Waals surface area contributed by atoms with Crippen LogP contribution in [0.4, 0.5) is 17.6 Å². The van der Waals surface area contributed by atoms with Crippen molar-refractivity contribution in [1.82, 2.24) is 5.32 Å². The van der Waals surface area contributed by atoms with E-state index in [1.807, 2.05) is 0 Å². The van der Waals surface area contributed by atoms with Crippen molar-refractivity contribution in [2.24, 2.45) is 5.16 Å². The molecule has 1 aliphatic heterocycles. The Hall–Kier alpha value is -2.12. The van der Waals surface area contributed by atoms with Crippen molar-refractivity contribution in [3.8, 4) is 0 Å². The molecule has 8 heteroatoms. The van der Waals surface area contributed by atoms with Crippen LogP contribution in [0.1, 0.15) is 29.0 Å². The predicted molar refractivity (Wildman–Crippen MR) is 97.5 cm³/mol. The van der Waals surface area contributed by atoms with E-state index in [0.717, 1.165) is 41.9 Å². The molecule has 1 heterocycles. The first-order valence-corrected chi connectivity index (χ1v) is 8.24. The molecule has 3 rings (SSSR count). The molecule has 2 aromatic rings. The number of nitrogens with zero attached hydrogens (tertiary/aromatic N) is 1. The Kier molecular flexibility index (Phi) is 7.21. The van der Waals surface area contributed by atoms with Crippen LogP contribution < -0.4 is 5.32 Å². The topological polar surface area (TPSA) is 33.6 Å². The van der Waals surface area contributed by atoms with Crippen molar-refractivity contribution in [3.05, 3.63) is 71.0 Å². The number of hydrogen-bond donors (Lipinski definition) is 1. The summed E-state index contributed by atoms with van der Waals surface area (Å²) in [6.45, 7) is 1.46. The standard InChI is InChI=1S/C19H18F4N2O.ClH/c20-16-7-1-13(2-8-16)12-26-25-18-11-24-10-9-17(18)14-3-5-15(6-4-14)19(21,22)23;/h1-8,17,24H,9-12H2;1H/b25-18+;. The number of benzene rings is 2. The molecule has 1 unspecified atom stereocenters. The Labute approximate surface area is 160 Å².